The molecule has 0 N–H and O–H groups in total. The lowest BCUT2D eigenvalue weighted by molar-refractivity contribution is 0.659. The van der Waals surface area contributed by atoms with E-state index in [0.29, 0.717) is 9.50 Å². The van der Waals surface area contributed by atoms with Crippen LogP contribution in [0, 0.1) is 5.92 Å². The molecule has 0 spiro atoms. The van der Waals surface area contributed by atoms with Crippen LogP contribution in [0.5, 0.6) is 0 Å². The molecule has 0 radical (unpaired) electrons. The molecule has 60 valence electrons. The molecule has 0 amide bonds. The number of hydrogen-bond acceptors (Lipinski definition) is 0. The van der Waals surface area contributed by atoms with Crippen LogP contribution in [-0.4, -0.2) is 0 Å². The van der Waals surface area contributed by atoms with Crippen LogP contribution in [0.2, 0.25) is 0 Å². The Balaban J connectivity index is 2.87. The fraction of sp³-hybridized carbons (Fsp3) is 0.333. The van der Waals surface area contributed by atoms with E-state index in [1.165, 1.54) is 0 Å². The fourth-order valence-corrected chi connectivity index (χ4v) is 1.26. The molecule has 2 heteroatoms. The number of halogens is 2. The van der Waals surface area contributed by atoms with Gasteiger partial charge in [0.1, 0.15) is 5.83 Å². The van der Waals surface area contributed by atoms with Crippen LogP contribution in [-0.2, 0) is 0 Å². The molecule has 1 unspecified atom stereocenters. The standard InChI is InChI=1S/C9H10FI/c1-7-3-2-4-8(10)9(11)6-5-7/h2,4-7H,3H2,1H3/b4-2+,6-5-,9-8-. The first-order chi connectivity index (χ1) is 5.20. The average molecular weight is 264 g/mol. The molecule has 0 aromatic rings. The summed E-state index contributed by atoms with van der Waals surface area (Å²) in [6.45, 7) is 2.12. The molecule has 0 aliphatic heterocycles. The first kappa shape index (κ1) is 8.97. The molecule has 1 aliphatic rings. The van der Waals surface area contributed by atoms with Crippen LogP contribution in [0.15, 0.2) is 33.7 Å². The quantitative estimate of drug-likeness (QED) is 0.584. The van der Waals surface area contributed by atoms with Gasteiger partial charge in [0.25, 0.3) is 0 Å². The lowest BCUT2D eigenvalue weighted by atomic mass is 10.1. The first-order valence-electron chi connectivity index (χ1n) is 3.60. The number of allylic oxidation sites excluding steroid dienone is 6. The Morgan fingerprint density at radius 2 is 2.27 bits per heavy atom. The van der Waals surface area contributed by atoms with Gasteiger partial charge in [0.05, 0.1) is 0 Å². The van der Waals surface area contributed by atoms with Crippen molar-refractivity contribution in [1.82, 2.24) is 0 Å². The maximum absolute atomic E-state index is 12.9. The predicted octanol–water partition coefficient (Wildman–Crippen LogP) is 3.75. The van der Waals surface area contributed by atoms with Gasteiger partial charge in [0.15, 0.2) is 0 Å². The summed E-state index contributed by atoms with van der Waals surface area (Å²) in [5.41, 5.74) is 0. The van der Waals surface area contributed by atoms with Gasteiger partial charge in [-0.05, 0) is 47.1 Å². The van der Waals surface area contributed by atoms with Gasteiger partial charge in [-0.1, -0.05) is 19.1 Å². The topological polar surface area (TPSA) is 0 Å². The zero-order valence-electron chi connectivity index (χ0n) is 6.35. The van der Waals surface area contributed by atoms with E-state index in [0.717, 1.165) is 6.42 Å². The SMILES string of the molecule is CC1\C=C/C(I)=C(F)\C=C\C1. The summed E-state index contributed by atoms with van der Waals surface area (Å²) in [7, 11) is 0. The molecule has 0 saturated heterocycles. The van der Waals surface area contributed by atoms with E-state index < -0.39 is 0 Å². The minimum absolute atomic E-state index is 0.131. The third kappa shape index (κ3) is 2.77. The Morgan fingerprint density at radius 3 is 3.00 bits per heavy atom. The van der Waals surface area contributed by atoms with Crippen molar-refractivity contribution in [1.29, 1.82) is 0 Å². The van der Waals surface area contributed by atoms with Crippen molar-refractivity contribution < 1.29 is 4.39 Å². The summed E-state index contributed by atoms with van der Waals surface area (Å²) >= 11 is 2.00. The molecule has 0 aromatic heterocycles. The highest BCUT2D eigenvalue weighted by Gasteiger charge is 2.01. The van der Waals surface area contributed by atoms with E-state index in [4.69, 9.17) is 0 Å². The van der Waals surface area contributed by atoms with Crippen LogP contribution < -0.4 is 0 Å². The first-order valence-corrected chi connectivity index (χ1v) is 4.68. The molecule has 0 heterocycles. The van der Waals surface area contributed by atoms with Crippen LogP contribution in [0.3, 0.4) is 0 Å². The molecule has 1 rings (SSSR count). The molecule has 1 atom stereocenters. The minimum Gasteiger partial charge on any atom is -0.206 e. The van der Waals surface area contributed by atoms with Gasteiger partial charge in [-0.25, -0.2) is 4.39 Å². The number of hydrogen-bond donors (Lipinski definition) is 0. The highest BCUT2D eigenvalue weighted by Crippen LogP contribution is 2.21. The zero-order chi connectivity index (χ0) is 8.27. The summed E-state index contributed by atoms with van der Waals surface area (Å²) in [6, 6.07) is 0. The predicted molar refractivity (Wildman–Crippen MR) is 54.2 cm³/mol. The molecular weight excluding hydrogens is 254 g/mol. The molecule has 0 aromatic carbocycles. The third-order valence-corrected chi connectivity index (χ3v) is 2.45. The maximum atomic E-state index is 12.9. The third-order valence-electron chi connectivity index (χ3n) is 1.57. The van der Waals surface area contributed by atoms with Crippen molar-refractivity contribution in [3.8, 4) is 0 Å². The molecule has 0 bridgehead atoms. The molecule has 0 nitrogen and oxygen atoms in total. The normalized spacial score (nSPS) is 37.5. The van der Waals surface area contributed by atoms with Crippen LogP contribution in [0.25, 0.3) is 0 Å². The largest absolute Gasteiger partial charge is 0.206 e. The van der Waals surface area contributed by atoms with Gasteiger partial charge in [-0.2, -0.15) is 0 Å². The van der Waals surface area contributed by atoms with E-state index in [2.05, 4.69) is 6.92 Å². The zero-order valence-corrected chi connectivity index (χ0v) is 8.51. The van der Waals surface area contributed by atoms with Gasteiger partial charge >= 0.3 is 0 Å². The van der Waals surface area contributed by atoms with E-state index in [-0.39, 0.29) is 5.83 Å². The van der Waals surface area contributed by atoms with E-state index >= 15 is 0 Å². The van der Waals surface area contributed by atoms with Crippen molar-refractivity contribution in [3.63, 3.8) is 0 Å². The van der Waals surface area contributed by atoms with Crippen molar-refractivity contribution in [2.75, 3.05) is 0 Å². The van der Waals surface area contributed by atoms with Gasteiger partial charge in [0, 0.05) is 3.58 Å². The lowest BCUT2D eigenvalue weighted by Gasteiger charge is -2.03. The summed E-state index contributed by atoms with van der Waals surface area (Å²) < 4.78 is 13.6. The second-order valence-corrected chi connectivity index (χ2v) is 3.83. The Hall–Kier alpha value is -0.120. The van der Waals surface area contributed by atoms with Gasteiger partial charge in [-0.3, -0.25) is 0 Å². The summed E-state index contributed by atoms with van der Waals surface area (Å²) in [5, 5.41) is 0. The highest BCUT2D eigenvalue weighted by molar-refractivity contribution is 14.1. The van der Waals surface area contributed by atoms with Gasteiger partial charge in [-0.15, -0.1) is 0 Å². The average Bonchev–Trinajstić information content (AvgIpc) is 1.98. The van der Waals surface area contributed by atoms with Crippen molar-refractivity contribution in [2.45, 2.75) is 13.3 Å². The maximum Gasteiger partial charge on any atom is 0.136 e. The van der Waals surface area contributed by atoms with E-state index in [9.17, 15) is 4.39 Å². The van der Waals surface area contributed by atoms with E-state index in [1.807, 2.05) is 40.8 Å². The monoisotopic (exact) mass is 264 g/mol. The van der Waals surface area contributed by atoms with Crippen LogP contribution in [0.1, 0.15) is 13.3 Å². The Labute approximate surface area is 80.0 Å². The molecular formula is C9H10FI. The second-order valence-electron chi connectivity index (χ2n) is 2.67. The molecule has 0 fully saturated rings. The second kappa shape index (κ2) is 4.04. The van der Waals surface area contributed by atoms with Crippen molar-refractivity contribution in [2.24, 2.45) is 5.92 Å². The smallest absolute Gasteiger partial charge is 0.136 e. The van der Waals surface area contributed by atoms with Crippen LogP contribution in [0.4, 0.5) is 4.39 Å². The van der Waals surface area contributed by atoms with Crippen molar-refractivity contribution >= 4 is 22.6 Å². The summed E-state index contributed by atoms with van der Waals surface area (Å²) in [4.78, 5) is 0. The minimum atomic E-state index is -0.131. The Morgan fingerprint density at radius 1 is 1.55 bits per heavy atom. The number of rotatable bonds is 0. The fourth-order valence-electron chi connectivity index (χ4n) is 0.873. The summed E-state index contributed by atoms with van der Waals surface area (Å²) in [6.07, 6.45) is 8.21. The van der Waals surface area contributed by atoms with E-state index in [1.54, 1.807) is 6.08 Å². The van der Waals surface area contributed by atoms with Gasteiger partial charge < -0.3 is 0 Å². The lowest BCUT2D eigenvalue weighted by Crippen LogP contribution is -1.88. The summed E-state index contributed by atoms with van der Waals surface area (Å²) in [5.74, 6) is 0.387. The van der Waals surface area contributed by atoms with Gasteiger partial charge in [0.2, 0.25) is 0 Å². The highest BCUT2D eigenvalue weighted by atomic mass is 127. The Bertz CT molecular complexity index is 226. The molecule has 0 saturated carbocycles. The van der Waals surface area contributed by atoms with Crippen molar-refractivity contribution in [3.05, 3.63) is 33.7 Å². The molecule has 1 aliphatic carbocycles. The molecule has 11 heavy (non-hydrogen) atoms. The van der Waals surface area contributed by atoms with Crippen LogP contribution >= 0.6 is 22.6 Å². The Kier molecular flexibility index (Phi) is 3.30.